The van der Waals surface area contributed by atoms with E-state index >= 15 is 0 Å². The number of nitrogens with zero attached hydrogens (tertiary/aromatic N) is 4. The van der Waals surface area contributed by atoms with Crippen LogP contribution in [-0.4, -0.2) is 42.1 Å². The number of nitrogens with one attached hydrogen (secondary N) is 3. The molecular formula is C19H24IN7O2S. The molecule has 9 nitrogen and oxygen atoms in total. The van der Waals surface area contributed by atoms with E-state index in [1.807, 2.05) is 28.8 Å². The van der Waals surface area contributed by atoms with Crippen molar-refractivity contribution in [3.05, 3.63) is 60.0 Å². The molecule has 0 unspecified atom stereocenters. The van der Waals surface area contributed by atoms with Gasteiger partial charge in [0.05, 0.1) is 11.4 Å². The first-order chi connectivity index (χ1) is 14.0. The minimum atomic E-state index is -3.42. The highest BCUT2D eigenvalue weighted by Crippen LogP contribution is 2.22. The van der Waals surface area contributed by atoms with Gasteiger partial charge in [0.25, 0.3) is 0 Å². The van der Waals surface area contributed by atoms with Gasteiger partial charge in [0.15, 0.2) is 17.4 Å². The third kappa shape index (κ3) is 5.46. The molecule has 0 amide bonds. The number of hydrogen-bond acceptors (Lipinski definition) is 5. The molecule has 160 valence electrons. The standard InChI is InChI=1S/C19H23N7O2S.HI/c1-20-19(22-13-18-24-23-17-4-2-3-11-26(17)18)21-12-14-5-9-16(10-6-14)29(27,28)25-15-7-8-15;/h2-6,9-11,15,25H,7-8,12-13H2,1H3,(H2,20,21,22);1H. The molecule has 0 atom stereocenters. The Morgan fingerprint density at radius 1 is 1.10 bits per heavy atom. The highest BCUT2D eigenvalue weighted by Gasteiger charge is 2.27. The Morgan fingerprint density at radius 2 is 1.83 bits per heavy atom. The summed E-state index contributed by atoms with van der Waals surface area (Å²) in [6, 6.07) is 12.7. The van der Waals surface area contributed by atoms with E-state index in [0.29, 0.717) is 19.0 Å². The second-order valence-corrected chi connectivity index (χ2v) is 8.58. The van der Waals surface area contributed by atoms with Crippen molar-refractivity contribution in [3.63, 3.8) is 0 Å². The summed E-state index contributed by atoms with van der Waals surface area (Å²) in [5, 5.41) is 14.7. The van der Waals surface area contributed by atoms with E-state index in [2.05, 4.69) is 30.5 Å². The van der Waals surface area contributed by atoms with Gasteiger partial charge in [-0.2, -0.15) is 0 Å². The first-order valence-corrected chi connectivity index (χ1v) is 10.9. The summed E-state index contributed by atoms with van der Waals surface area (Å²) in [6.07, 6.45) is 3.74. The number of sulfonamides is 1. The summed E-state index contributed by atoms with van der Waals surface area (Å²) in [7, 11) is -1.73. The maximum Gasteiger partial charge on any atom is 0.240 e. The largest absolute Gasteiger partial charge is 0.352 e. The first kappa shape index (κ1) is 22.4. The van der Waals surface area contributed by atoms with Gasteiger partial charge in [0.1, 0.15) is 0 Å². The maximum absolute atomic E-state index is 12.2. The Labute approximate surface area is 192 Å². The number of halogens is 1. The Balaban J connectivity index is 0.00000256. The van der Waals surface area contributed by atoms with Crippen molar-refractivity contribution in [1.29, 1.82) is 0 Å². The molecule has 1 saturated carbocycles. The molecule has 3 N–H and O–H groups in total. The molecule has 2 aromatic heterocycles. The van der Waals surface area contributed by atoms with Crippen LogP contribution in [0.15, 0.2) is 58.5 Å². The van der Waals surface area contributed by atoms with Crippen molar-refractivity contribution in [2.75, 3.05) is 7.05 Å². The van der Waals surface area contributed by atoms with E-state index in [1.165, 1.54) is 0 Å². The third-order valence-electron chi connectivity index (χ3n) is 4.61. The van der Waals surface area contributed by atoms with Crippen LogP contribution in [-0.2, 0) is 23.1 Å². The number of fused-ring (bicyclic) bond motifs is 1. The monoisotopic (exact) mass is 541 g/mol. The summed E-state index contributed by atoms with van der Waals surface area (Å²) in [5.74, 6) is 1.39. The van der Waals surface area contributed by atoms with Gasteiger partial charge in [-0.3, -0.25) is 9.39 Å². The Hall–Kier alpha value is -2.25. The molecule has 1 aromatic carbocycles. The summed E-state index contributed by atoms with van der Waals surface area (Å²) in [6.45, 7) is 0.978. The van der Waals surface area contributed by atoms with E-state index in [-0.39, 0.29) is 34.9 Å². The number of rotatable bonds is 7. The number of aromatic nitrogens is 3. The quantitative estimate of drug-likeness (QED) is 0.238. The zero-order chi connectivity index (χ0) is 20.3. The molecule has 3 aromatic rings. The molecule has 0 radical (unpaired) electrons. The number of benzene rings is 1. The van der Waals surface area contributed by atoms with Gasteiger partial charge in [-0.15, -0.1) is 34.2 Å². The highest BCUT2D eigenvalue weighted by molar-refractivity contribution is 14.0. The zero-order valence-electron chi connectivity index (χ0n) is 16.4. The van der Waals surface area contributed by atoms with Crippen LogP contribution in [0.5, 0.6) is 0 Å². The van der Waals surface area contributed by atoms with E-state index in [1.54, 1.807) is 31.3 Å². The van der Waals surface area contributed by atoms with Gasteiger partial charge in [-0.05, 0) is 42.7 Å². The van der Waals surface area contributed by atoms with Crippen LogP contribution in [0.1, 0.15) is 24.2 Å². The van der Waals surface area contributed by atoms with Gasteiger partial charge >= 0.3 is 0 Å². The normalized spacial score (nSPS) is 14.4. The average Bonchev–Trinajstić information content (AvgIpc) is 3.44. The number of hydrogen-bond donors (Lipinski definition) is 3. The van der Waals surface area contributed by atoms with Gasteiger partial charge in [0, 0.05) is 25.8 Å². The minimum Gasteiger partial charge on any atom is -0.352 e. The molecule has 30 heavy (non-hydrogen) atoms. The SMILES string of the molecule is CN=C(NCc1ccc(S(=O)(=O)NC2CC2)cc1)NCc1nnc2ccccn12.I. The molecule has 0 spiro atoms. The predicted octanol–water partition coefficient (Wildman–Crippen LogP) is 1.65. The molecule has 0 bridgehead atoms. The summed E-state index contributed by atoms with van der Waals surface area (Å²) in [4.78, 5) is 4.50. The van der Waals surface area contributed by atoms with E-state index in [9.17, 15) is 8.42 Å². The number of guanidine groups is 1. The van der Waals surface area contributed by atoms with Crippen molar-refractivity contribution in [3.8, 4) is 0 Å². The highest BCUT2D eigenvalue weighted by atomic mass is 127. The van der Waals surface area contributed by atoms with Crippen LogP contribution in [0.2, 0.25) is 0 Å². The van der Waals surface area contributed by atoms with Crippen LogP contribution in [0.25, 0.3) is 5.65 Å². The molecule has 4 rings (SSSR count). The van der Waals surface area contributed by atoms with Crippen molar-refractivity contribution >= 4 is 45.6 Å². The minimum absolute atomic E-state index is 0. The van der Waals surface area contributed by atoms with Crippen molar-refractivity contribution in [1.82, 2.24) is 30.0 Å². The first-order valence-electron chi connectivity index (χ1n) is 9.39. The maximum atomic E-state index is 12.2. The molecule has 1 aliphatic rings. The molecule has 0 saturated heterocycles. The van der Waals surface area contributed by atoms with Crippen LogP contribution < -0.4 is 15.4 Å². The Kier molecular flexibility index (Phi) is 7.26. The fraction of sp³-hybridized carbons (Fsp3) is 0.316. The lowest BCUT2D eigenvalue weighted by Gasteiger charge is -2.12. The van der Waals surface area contributed by atoms with Crippen molar-refractivity contribution in [2.24, 2.45) is 4.99 Å². The van der Waals surface area contributed by atoms with Crippen LogP contribution >= 0.6 is 24.0 Å². The lowest BCUT2D eigenvalue weighted by molar-refractivity contribution is 0.581. The van der Waals surface area contributed by atoms with Crippen LogP contribution in [0.3, 0.4) is 0 Å². The van der Waals surface area contributed by atoms with Gasteiger partial charge in [-0.25, -0.2) is 13.1 Å². The molecule has 2 heterocycles. The van der Waals surface area contributed by atoms with Gasteiger partial charge in [-0.1, -0.05) is 18.2 Å². The Bertz CT molecular complexity index is 1130. The second-order valence-electron chi connectivity index (χ2n) is 6.86. The topological polar surface area (TPSA) is 113 Å². The second kappa shape index (κ2) is 9.71. The van der Waals surface area contributed by atoms with Crippen molar-refractivity contribution < 1.29 is 8.42 Å². The summed E-state index contributed by atoms with van der Waals surface area (Å²) < 4.78 is 29.1. The lowest BCUT2D eigenvalue weighted by atomic mass is 10.2. The third-order valence-corrected chi connectivity index (χ3v) is 6.15. The zero-order valence-corrected chi connectivity index (χ0v) is 19.6. The smallest absolute Gasteiger partial charge is 0.240 e. The summed E-state index contributed by atoms with van der Waals surface area (Å²) in [5.41, 5.74) is 1.74. The van der Waals surface area contributed by atoms with E-state index in [0.717, 1.165) is 29.9 Å². The summed E-state index contributed by atoms with van der Waals surface area (Å²) >= 11 is 0. The number of pyridine rings is 1. The number of aliphatic imine (C=N–C) groups is 1. The molecule has 11 heteroatoms. The molecule has 1 fully saturated rings. The van der Waals surface area contributed by atoms with Crippen LogP contribution in [0, 0.1) is 0 Å². The van der Waals surface area contributed by atoms with Gasteiger partial charge < -0.3 is 10.6 Å². The molecule has 0 aliphatic heterocycles. The fourth-order valence-corrected chi connectivity index (χ4v) is 4.16. The van der Waals surface area contributed by atoms with Crippen molar-refractivity contribution in [2.45, 2.75) is 36.9 Å². The predicted molar refractivity (Wildman–Crippen MR) is 125 cm³/mol. The lowest BCUT2D eigenvalue weighted by Crippen LogP contribution is -2.36. The average molecular weight is 541 g/mol. The molecule has 1 aliphatic carbocycles. The fourth-order valence-electron chi connectivity index (χ4n) is 2.86. The van der Waals surface area contributed by atoms with Crippen LogP contribution in [0.4, 0.5) is 0 Å². The van der Waals surface area contributed by atoms with Gasteiger partial charge in [0.2, 0.25) is 10.0 Å². The Morgan fingerprint density at radius 3 is 2.53 bits per heavy atom. The molecular weight excluding hydrogens is 517 g/mol. The van der Waals surface area contributed by atoms with E-state index in [4.69, 9.17) is 0 Å². The van der Waals surface area contributed by atoms with E-state index < -0.39 is 10.0 Å².